The quantitative estimate of drug-likeness (QED) is 0.577. The third kappa shape index (κ3) is 1.76. The number of rotatable bonds is 0. The van der Waals surface area contributed by atoms with Crippen molar-refractivity contribution in [1.82, 2.24) is 0 Å². The van der Waals surface area contributed by atoms with Gasteiger partial charge in [-0.05, 0) is 72.5 Å². The van der Waals surface area contributed by atoms with Gasteiger partial charge in [-0.25, -0.2) is 0 Å². The topological polar surface area (TPSA) is 36.9 Å². The second-order valence-electron chi connectivity index (χ2n) is 12.3. The van der Waals surface area contributed by atoms with Gasteiger partial charge >= 0.3 is 0 Å². The van der Waals surface area contributed by atoms with Gasteiger partial charge in [0, 0.05) is 24.7 Å². The van der Waals surface area contributed by atoms with E-state index in [4.69, 9.17) is 18.9 Å². The third-order valence-corrected chi connectivity index (χ3v) is 12.2. The molecule has 4 nitrogen and oxygen atoms in total. The Labute approximate surface area is 175 Å². The largest absolute Gasteiger partial charge is 0.348 e. The highest BCUT2D eigenvalue weighted by atomic mass is 16.7. The Morgan fingerprint density at radius 2 is 1.34 bits per heavy atom. The first-order chi connectivity index (χ1) is 13.9. The van der Waals surface area contributed by atoms with Crippen molar-refractivity contribution < 1.29 is 18.9 Å². The van der Waals surface area contributed by atoms with E-state index < -0.39 is 0 Å². The molecule has 162 valence electrons. The van der Waals surface area contributed by atoms with Crippen molar-refractivity contribution in [2.45, 2.75) is 90.1 Å². The van der Waals surface area contributed by atoms with Crippen molar-refractivity contribution in [2.75, 3.05) is 26.4 Å². The average molecular weight is 403 g/mol. The van der Waals surface area contributed by atoms with Crippen molar-refractivity contribution >= 4 is 0 Å². The zero-order valence-corrected chi connectivity index (χ0v) is 18.6. The highest BCUT2D eigenvalue weighted by molar-refractivity contribution is 5.35. The summed E-state index contributed by atoms with van der Waals surface area (Å²) in [6.07, 6.45) is 11.4. The van der Waals surface area contributed by atoms with Gasteiger partial charge in [0.15, 0.2) is 11.6 Å². The van der Waals surface area contributed by atoms with E-state index in [9.17, 15) is 0 Å². The number of hydrogen-bond acceptors (Lipinski definition) is 4. The molecule has 2 aliphatic heterocycles. The molecule has 0 N–H and O–H groups in total. The molecule has 7 aliphatic rings. The third-order valence-electron chi connectivity index (χ3n) is 12.2. The van der Waals surface area contributed by atoms with Gasteiger partial charge in [-0.3, -0.25) is 0 Å². The van der Waals surface area contributed by atoms with Gasteiger partial charge in [0.05, 0.1) is 26.4 Å². The van der Waals surface area contributed by atoms with Crippen LogP contribution in [0.15, 0.2) is 0 Å². The Morgan fingerprint density at radius 3 is 2.10 bits per heavy atom. The first kappa shape index (κ1) is 18.4. The summed E-state index contributed by atoms with van der Waals surface area (Å²) in [7, 11) is 0. The zero-order valence-electron chi connectivity index (χ0n) is 18.6. The summed E-state index contributed by atoms with van der Waals surface area (Å²) in [4.78, 5) is 0. The van der Waals surface area contributed by atoms with Gasteiger partial charge < -0.3 is 18.9 Å². The SMILES string of the molecule is CC1(C)C23CC[C@@H]4[C@H](CC[C@@]5(C)[C@H]4CCC54OCCO4)C12CCC1(C3)OCCO1. The van der Waals surface area contributed by atoms with Crippen molar-refractivity contribution in [3.05, 3.63) is 0 Å². The molecular weight excluding hydrogens is 364 g/mol. The van der Waals surface area contributed by atoms with E-state index in [1.807, 2.05) is 0 Å². The van der Waals surface area contributed by atoms with Crippen LogP contribution in [0.1, 0.15) is 78.6 Å². The summed E-state index contributed by atoms with van der Waals surface area (Å²) in [6.45, 7) is 10.9. The Bertz CT molecular complexity index is 735. The fraction of sp³-hybridized carbons (Fsp3) is 1.00. The monoisotopic (exact) mass is 402 g/mol. The first-order valence-electron chi connectivity index (χ1n) is 12.4. The molecule has 6 atom stereocenters. The molecule has 0 bridgehead atoms. The summed E-state index contributed by atoms with van der Waals surface area (Å²) < 4.78 is 25.2. The summed E-state index contributed by atoms with van der Waals surface area (Å²) in [5, 5.41) is 0. The van der Waals surface area contributed by atoms with Gasteiger partial charge in [-0.15, -0.1) is 0 Å². The molecule has 0 aromatic heterocycles. The summed E-state index contributed by atoms with van der Waals surface area (Å²) in [6, 6.07) is 0. The normalized spacial score (nSPS) is 55.3. The molecule has 4 heteroatoms. The lowest BCUT2D eigenvalue weighted by Crippen LogP contribution is -2.55. The standard InChI is InChI=1S/C25H38O4/c1-20(2)22-8-4-17-18-6-9-25(28-14-15-29-25)21(18,3)7-5-19(17)24(20,22)11-10-23(16-22)26-12-13-27-23/h17-19H,4-16H2,1-3H3/t17-,18-,19-,21-,22?,24?/m0/s1. The highest BCUT2D eigenvalue weighted by Crippen LogP contribution is 2.92. The predicted octanol–water partition coefficient (Wildman–Crippen LogP) is 4.91. The van der Waals surface area contributed by atoms with Crippen LogP contribution in [-0.2, 0) is 18.9 Å². The fourth-order valence-corrected chi connectivity index (χ4v) is 11.0. The molecule has 0 aromatic carbocycles. The molecule has 29 heavy (non-hydrogen) atoms. The van der Waals surface area contributed by atoms with E-state index in [0.717, 1.165) is 63.4 Å². The van der Waals surface area contributed by atoms with Crippen molar-refractivity contribution in [3.8, 4) is 0 Å². The van der Waals surface area contributed by atoms with E-state index in [-0.39, 0.29) is 17.0 Å². The van der Waals surface area contributed by atoms with E-state index in [2.05, 4.69) is 20.8 Å². The minimum Gasteiger partial charge on any atom is -0.348 e. The van der Waals surface area contributed by atoms with Crippen LogP contribution in [0.2, 0.25) is 0 Å². The number of ether oxygens (including phenoxy) is 4. The molecule has 2 saturated heterocycles. The second kappa shape index (κ2) is 5.24. The van der Waals surface area contributed by atoms with E-state index in [0.29, 0.717) is 16.2 Å². The molecule has 2 heterocycles. The fourth-order valence-electron chi connectivity index (χ4n) is 11.0. The highest BCUT2D eigenvalue weighted by Gasteiger charge is 2.88. The van der Waals surface area contributed by atoms with Gasteiger partial charge in [-0.2, -0.15) is 0 Å². The molecule has 5 aliphatic carbocycles. The smallest absolute Gasteiger partial charge is 0.174 e. The lowest BCUT2D eigenvalue weighted by atomic mass is 9.49. The molecule has 7 fully saturated rings. The maximum absolute atomic E-state index is 6.34. The van der Waals surface area contributed by atoms with Gasteiger partial charge in [0.1, 0.15) is 0 Å². The molecule has 7 rings (SSSR count). The summed E-state index contributed by atoms with van der Waals surface area (Å²) in [5.41, 5.74) is 1.59. The molecule has 0 radical (unpaired) electrons. The Kier molecular flexibility index (Phi) is 3.33. The van der Waals surface area contributed by atoms with Crippen LogP contribution in [0, 0.1) is 39.4 Å². The van der Waals surface area contributed by atoms with Crippen molar-refractivity contribution in [2.24, 2.45) is 39.4 Å². The molecule has 5 saturated carbocycles. The number of hydrogen-bond donors (Lipinski definition) is 0. The van der Waals surface area contributed by atoms with E-state index >= 15 is 0 Å². The lowest BCUT2D eigenvalue weighted by molar-refractivity contribution is -0.248. The maximum Gasteiger partial charge on any atom is 0.174 e. The van der Waals surface area contributed by atoms with Crippen LogP contribution in [0.3, 0.4) is 0 Å². The van der Waals surface area contributed by atoms with Gasteiger partial charge in [-0.1, -0.05) is 20.8 Å². The number of fused-ring (bicyclic) bond motifs is 4. The molecule has 0 aromatic rings. The van der Waals surface area contributed by atoms with E-state index in [1.54, 1.807) is 0 Å². The van der Waals surface area contributed by atoms with Crippen LogP contribution in [0.25, 0.3) is 0 Å². The van der Waals surface area contributed by atoms with Crippen LogP contribution in [-0.4, -0.2) is 38.0 Å². The van der Waals surface area contributed by atoms with Gasteiger partial charge in [0.2, 0.25) is 0 Å². The Balaban J connectivity index is 1.25. The van der Waals surface area contributed by atoms with Crippen LogP contribution in [0.5, 0.6) is 0 Å². The van der Waals surface area contributed by atoms with Crippen LogP contribution >= 0.6 is 0 Å². The predicted molar refractivity (Wildman–Crippen MR) is 108 cm³/mol. The minimum atomic E-state index is -0.268. The van der Waals surface area contributed by atoms with Crippen molar-refractivity contribution in [1.29, 1.82) is 0 Å². The zero-order chi connectivity index (χ0) is 19.8. The molecule has 0 amide bonds. The summed E-state index contributed by atoms with van der Waals surface area (Å²) in [5.74, 6) is 1.99. The first-order valence-corrected chi connectivity index (χ1v) is 12.4. The minimum absolute atomic E-state index is 0.216. The van der Waals surface area contributed by atoms with Crippen molar-refractivity contribution in [3.63, 3.8) is 0 Å². The van der Waals surface area contributed by atoms with Gasteiger partial charge in [0.25, 0.3) is 0 Å². The molecular formula is C25H38O4. The Morgan fingerprint density at radius 1 is 0.655 bits per heavy atom. The second-order valence-corrected chi connectivity index (χ2v) is 12.3. The maximum atomic E-state index is 6.34. The lowest BCUT2D eigenvalue weighted by Gasteiger charge is -2.57. The summed E-state index contributed by atoms with van der Waals surface area (Å²) >= 11 is 0. The Hall–Kier alpha value is -0.160. The van der Waals surface area contributed by atoms with E-state index in [1.165, 1.54) is 38.5 Å². The average Bonchev–Trinajstić information content (AvgIpc) is 3.27. The molecule has 2 unspecified atom stereocenters. The van der Waals surface area contributed by atoms with Crippen LogP contribution < -0.4 is 0 Å². The van der Waals surface area contributed by atoms with Crippen LogP contribution in [0.4, 0.5) is 0 Å². The molecule has 2 spiro atoms.